The lowest BCUT2D eigenvalue weighted by molar-refractivity contribution is -0.150. The van der Waals surface area contributed by atoms with Gasteiger partial charge in [-0.3, -0.25) is 4.79 Å². The summed E-state index contributed by atoms with van der Waals surface area (Å²) in [4.78, 5) is 11.8. The van der Waals surface area contributed by atoms with Gasteiger partial charge in [-0.05, 0) is 23.8 Å². The molecule has 0 aromatic carbocycles. The van der Waals surface area contributed by atoms with E-state index in [1.54, 1.807) is 0 Å². The molecule has 84 valence electrons. The largest absolute Gasteiger partial charge is 0.461 e. The third-order valence-electron chi connectivity index (χ3n) is 4.06. The monoisotopic (exact) mass is 216 g/mol. The van der Waals surface area contributed by atoms with Gasteiger partial charge in [-0.2, -0.15) is 0 Å². The smallest absolute Gasteiger partial charge is 0.313 e. The van der Waals surface area contributed by atoms with Crippen LogP contribution in [0.15, 0.2) is 36.0 Å². The average molecular weight is 216 g/mol. The molecule has 2 bridgehead atoms. The van der Waals surface area contributed by atoms with Gasteiger partial charge in [0.05, 0.1) is 5.92 Å². The zero-order valence-corrected chi connectivity index (χ0v) is 9.43. The Morgan fingerprint density at radius 3 is 3.06 bits per heavy atom. The molecule has 1 aliphatic heterocycles. The number of hydrogen-bond acceptors (Lipinski definition) is 2. The van der Waals surface area contributed by atoms with E-state index in [9.17, 15) is 4.79 Å². The van der Waals surface area contributed by atoms with Gasteiger partial charge in [-0.1, -0.05) is 37.3 Å². The number of hydrogen-bond donors (Lipinski definition) is 0. The van der Waals surface area contributed by atoms with Crippen molar-refractivity contribution in [2.75, 3.05) is 6.61 Å². The molecule has 0 amide bonds. The highest BCUT2D eigenvalue weighted by molar-refractivity contribution is 5.77. The highest BCUT2D eigenvalue weighted by atomic mass is 16.5. The Bertz CT molecular complexity index is 403. The fourth-order valence-corrected chi connectivity index (χ4v) is 2.96. The Morgan fingerprint density at radius 2 is 2.19 bits per heavy atom. The van der Waals surface area contributed by atoms with Gasteiger partial charge in [-0.15, -0.1) is 0 Å². The van der Waals surface area contributed by atoms with Gasteiger partial charge in [0.15, 0.2) is 0 Å². The third-order valence-corrected chi connectivity index (χ3v) is 4.06. The Balaban J connectivity index is 2.04. The number of carbonyl (C=O) groups excluding carboxylic acids is 1. The molecule has 0 unspecified atom stereocenters. The van der Waals surface area contributed by atoms with Gasteiger partial charge in [0, 0.05) is 5.92 Å². The number of rotatable bonds is 0. The van der Waals surface area contributed by atoms with E-state index in [4.69, 9.17) is 4.74 Å². The van der Waals surface area contributed by atoms with Crippen molar-refractivity contribution in [3.8, 4) is 0 Å². The van der Waals surface area contributed by atoms with E-state index >= 15 is 0 Å². The van der Waals surface area contributed by atoms with Gasteiger partial charge in [0.2, 0.25) is 0 Å². The number of cyclic esters (lactones) is 1. The Hall–Kier alpha value is -1.31. The summed E-state index contributed by atoms with van der Waals surface area (Å²) in [7, 11) is 0. The SMILES string of the molecule is C[C@H]1C=C[C@H]2C(=O)OCC3=CC=C[C@H]1C[C@H]32. The van der Waals surface area contributed by atoms with Crippen molar-refractivity contribution >= 4 is 5.97 Å². The van der Waals surface area contributed by atoms with Crippen LogP contribution in [0.3, 0.4) is 0 Å². The number of allylic oxidation sites excluding steroid dienone is 4. The maximum absolute atomic E-state index is 11.8. The third kappa shape index (κ3) is 1.44. The molecule has 0 aromatic heterocycles. The van der Waals surface area contributed by atoms with Crippen molar-refractivity contribution in [2.24, 2.45) is 23.7 Å². The Morgan fingerprint density at radius 1 is 1.31 bits per heavy atom. The molecule has 0 radical (unpaired) electrons. The first-order valence-electron chi connectivity index (χ1n) is 5.98. The summed E-state index contributed by atoms with van der Waals surface area (Å²) >= 11 is 0. The van der Waals surface area contributed by atoms with Crippen molar-refractivity contribution in [3.63, 3.8) is 0 Å². The molecular formula is C14H16O2. The molecule has 1 fully saturated rings. The lowest BCUT2D eigenvalue weighted by Gasteiger charge is -2.30. The maximum Gasteiger partial charge on any atom is 0.313 e. The minimum absolute atomic E-state index is 0.0480. The fourth-order valence-electron chi connectivity index (χ4n) is 2.96. The van der Waals surface area contributed by atoms with Gasteiger partial charge in [-0.25, -0.2) is 0 Å². The van der Waals surface area contributed by atoms with Crippen LogP contribution >= 0.6 is 0 Å². The van der Waals surface area contributed by atoms with Crippen molar-refractivity contribution in [2.45, 2.75) is 13.3 Å². The number of fused-ring (bicyclic) bond motifs is 1. The first kappa shape index (κ1) is 9.88. The van der Waals surface area contributed by atoms with Gasteiger partial charge in [0.25, 0.3) is 0 Å². The Kier molecular flexibility index (Phi) is 2.23. The molecule has 16 heavy (non-hydrogen) atoms. The van der Waals surface area contributed by atoms with E-state index in [1.807, 2.05) is 0 Å². The predicted molar refractivity (Wildman–Crippen MR) is 61.6 cm³/mol. The van der Waals surface area contributed by atoms with E-state index in [0.29, 0.717) is 24.4 Å². The predicted octanol–water partition coefficient (Wildman–Crippen LogP) is 2.48. The number of carbonyl (C=O) groups is 1. The van der Waals surface area contributed by atoms with Crippen LogP contribution in [0.5, 0.6) is 0 Å². The van der Waals surface area contributed by atoms with E-state index in [0.717, 1.165) is 6.42 Å². The molecule has 3 rings (SSSR count). The lowest BCUT2D eigenvalue weighted by atomic mass is 9.79. The molecule has 0 spiro atoms. The average Bonchev–Trinajstić information content (AvgIpc) is 2.57. The summed E-state index contributed by atoms with van der Waals surface area (Å²) in [6.07, 6.45) is 11.9. The van der Waals surface area contributed by atoms with Crippen molar-refractivity contribution in [1.29, 1.82) is 0 Å². The van der Waals surface area contributed by atoms with Gasteiger partial charge >= 0.3 is 5.97 Å². The van der Waals surface area contributed by atoms with Crippen LogP contribution in [-0.2, 0) is 9.53 Å². The summed E-state index contributed by atoms with van der Waals surface area (Å²) in [6.45, 7) is 2.71. The zero-order chi connectivity index (χ0) is 11.1. The second-order valence-electron chi connectivity index (χ2n) is 5.01. The normalized spacial score (nSPS) is 40.8. The second kappa shape index (κ2) is 3.62. The second-order valence-corrected chi connectivity index (χ2v) is 5.01. The van der Waals surface area contributed by atoms with Crippen molar-refractivity contribution in [1.82, 2.24) is 0 Å². The molecule has 0 aromatic rings. The highest BCUT2D eigenvalue weighted by Gasteiger charge is 2.39. The van der Waals surface area contributed by atoms with Crippen LogP contribution in [0.2, 0.25) is 0 Å². The summed E-state index contributed by atoms with van der Waals surface area (Å²) in [6, 6.07) is 0. The van der Waals surface area contributed by atoms with E-state index in [-0.39, 0.29) is 11.9 Å². The first-order valence-corrected chi connectivity index (χ1v) is 5.98. The molecule has 1 heterocycles. The first-order chi connectivity index (χ1) is 7.75. The van der Waals surface area contributed by atoms with Crippen LogP contribution in [0.25, 0.3) is 0 Å². The fraction of sp³-hybridized carbons (Fsp3) is 0.500. The topological polar surface area (TPSA) is 26.3 Å². The summed E-state index contributed by atoms with van der Waals surface area (Å²) < 4.78 is 5.23. The molecule has 0 saturated carbocycles. The molecule has 3 aliphatic rings. The summed E-state index contributed by atoms with van der Waals surface area (Å²) in [5, 5.41) is 0. The molecule has 1 saturated heterocycles. The number of esters is 1. The van der Waals surface area contributed by atoms with E-state index in [1.165, 1.54) is 5.57 Å². The summed E-state index contributed by atoms with van der Waals surface area (Å²) in [5.74, 6) is 1.34. The summed E-state index contributed by atoms with van der Waals surface area (Å²) in [5.41, 5.74) is 1.28. The van der Waals surface area contributed by atoms with Gasteiger partial charge < -0.3 is 4.74 Å². The molecule has 0 N–H and O–H groups in total. The molecule has 4 atom stereocenters. The quantitative estimate of drug-likeness (QED) is 0.459. The lowest BCUT2D eigenvalue weighted by Crippen LogP contribution is -2.33. The van der Waals surface area contributed by atoms with Crippen LogP contribution in [0.1, 0.15) is 13.3 Å². The van der Waals surface area contributed by atoms with Crippen LogP contribution in [0, 0.1) is 23.7 Å². The standard InChI is InChI=1S/C14H16O2/c1-9-5-6-12-13-7-10(9)3-2-4-11(13)8-16-14(12)15/h2-6,9-10,12-13H,7-8H2,1H3/t9-,10-,12+,13+/m0/s1. The molecule has 2 aliphatic carbocycles. The van der Waals surface area contributed by atoms with Crippen LogP contribution in [0.4, 0.5) is 0 Å². The molecular weight excluding hydrogens is 200 g/mol. The van der Waals surface area contributed by atoms with Gasteiger partial charge in [0.1, 0.15) is 6.61 Å². The van der Waals surface area contributed by atoms with E-state index in [2.05, 4.69) is 37.3 Å². The van der Waals surface area contributed by atoms with Crippen LogP contribution in [-0.4, -0.2) is 12.6 Å². The minimum atomic E-state index is -0.0488. The molecule has 2 nitrogen and oxygen atoms in total. The van der Waals surface area contributed by atoms with Crippen molar-refractivity contribution < 1.29 is 9.53 Å². The highest BCUT2D eigenvalue weighted by Crippen LogP contribution is 2.40. The minimum Gasteiger partial charge on any atom is -0.461 e. The van der Waals surface area contributed by atoms with Crippen molar-refractivity contribution in [3.05, 3.63) is 36.0 Å². The Labute approximate surface area is 95.7 Å². The zero-order valence-electron chi connectivity index (χ0n) is 9.43. The molecule has 2 heteroatoms. The number of ether oxygens (including phenoxy) is 1. The van der Waals surface area contributed by atoms with E-state index < -0.39 is 0 Å². The van der Waals surface area contributed by atoms with Crippen LogP contribution < -0.4 is 0 Å². The maximum atomic E-state index is 11.8.